The summed E-state index contributed by atoms with van der Waals surface area (Å²) in [6, 6.07) is 0. The number of aliphatic hydroxyl groups excluding tert-OH is 3. The van der Waals surface area contributed by atoms with Crippen LogP contribution in [0.25, 0.3) is 0 Å². The molecule has 1 unspecified atom stereocenters. The Morgan fingerprint density at radius 2 is 1.50 bits per heavy atom. The number of hydrogen-bond acceptors (Lipinski definition) is 6. The Hall–Kier alpha value is -0.820. The van der Waals surface area contributed by atoms with Crippen LogP contribution in [0, 0.1) is 0 Å². The zero-order chi connectivity index (χ0) is 21.0. The van der Waals surface area contributed by atoms with Crippen LogP contribution in [-0.2, 0) is 14.9 Å². The molecule has 0 spiro atoms. The van der Waals surface area contributed by atoms with Gasteiger partial charge in [-0.05, 0) is 6.92 Å². The van der Waals surface area contributed by atoms with E-state index < -0.39 is 22.2 Å². The first-order valence-corrected chi connectivity index (χ1v) is 9.99. The van der Waals surface area contributed by atoms with Gasteiger partial charge in [-0.2, -0.15) is 8.42 Å². The third-order valence-electron chi connectivity index (χ3n) is 3.44. The summed E-state index contributed by atoms with van der Waals surface area (Å²) < 4.78 is 30.7. The number of carboxylic acid groups (broad SMARTS) is 1. The number of aliphatic hydroxyl groups is 3. The minimum Gasteiger partial charge on any atom is -0.477 e. The van der Waals surface area contributed by atoms with Gasteiger partial charge in [-0.3, -0.25) is 4.55 Å². The molecule has 26 heavy (non-hydrogen) atoms. The average molecular weight is 405 g/mol. The summed E-state index contributed by atoms with van der Waals surface area (Å²) in [6.07, 6.45) is -0.403. The van der Waals surface area contributed by atoms with Crippen molar-refractivity contribution < 1.29 is 47.2 Å². The second-order valence-corrected chi connectivity index (χ2v) is 9.05. The van der Waals surface area contributed by atoms with Crippen LogP contribution < -0.4 is 0 Å². The summed E-state index contributed by atoms with van der Waals surface area (Å²) in [4.78, 5) is 10.00. The molecule has 5 N–H and O–H groups in total. The number of rotatable bonds is 12. The molecule has 0 bridgehead atoms. The highest BCUT2D eigenvalue weighted by atomic mass is 32.2. The molecule has 0 fully saturated rings. The number of carboxylic acids is 1. The van der Waals surface area contributed by atoms with E-state index in [0.717, 1.165) is 0 Å². The van der Waals surface area contributed by atoms with Crippen LogP contribution in [0.15, 0.2) is 0 Å². The van der Waals surface area contributed by atoms with Crippen LogP contribution in [-0.4, -0.2) is 127 Å². The molecule has 0 rings (SSSR count). The summed E-state index contributed by atoms with van der Waals surface area (Å²) in [5, 5.41) is 35.8. The Kier molecular flexibility index (Phi) is 13.2. The Labute approximate surface area is 156 Å². The number of aliphatic carboxylic acids is 1. The van der Waals surface area contributed by atoms with E-state index in [1.54, 1.807) is 6.92 Å². The number of quaternary nitrogens is 2. The fourth-order valence-electron chi connectivity index (χ4n) is 2.58. The molecule has 0 amide bonds. The van der Waals surface area contributed by atoms with Crippen LogP contribution in [0.2, 0.25) is 0 Å². The first-order valence-electron chi connectivity index (χ1n) is 8.38. The quantitative estimate of drug-likeness (QED) is 0.189. The predicted octanol–water partition coefficient (Wildman–Crippen LogP) is -1.78. The van der Waals surface area contributed by atoms with E-state index in [2.05, 4.69) is 0 Å². The monoisotopic (exact) mass is 404 g/mol. The van der Waals surface area contributed by atoms with Crippen molar-refractivity contribution in [3.63, 3.8) is 0 Å². The first kappa shape index (κ1) is 27.4. The summed E-state index contributed by atoms with van der Waals surface area (Å²) in [5.74, 6) is -1.11. The van der Waals surface area contributed by atoms with Crippen molar-refractivity contribution in [2.45, 2.75) is 19.4 Å². The average Bonchev–Trinajstić information content (AvgIpc) is 2.34. The molecule has 1 atom stereocenters. The van der Waals surface area contributed by atoms with Crippen LogP contribution in [0.3, 0.4) is 0 Å². The van der Waals surface area contributed by atoms with Gasteiger partial charge in [0.2, 0.25) is 0 Å². The van der Waals surface area contributed by atoms with E-state index in [4.69, 9.17) is 19.9 Å². The largest absolute Gasteiger partial charge is 0.477 e. The maximum atomic E-state index is 10.7. The lowest BCUT2D eigenvalue weighted by Crippen LogP contribution is -2.55. The molecule has 0 aliphatic rings. The fraction of sp³-hybridized carbons (Fsp3) is 0.933. The second-order valence-electron chi connectivity index (χ2n) is 7.47. The van der Waals surface area contributed by atoms with E-state index in [1.165, 1.54) is 0 Å². The lowest BCUT2D eigenvalue weighted by Gasteiger charge is -2.38. The summed E-state index contributed by atoms with van der Waals surface area (Å²) in [5.41, 5.74) is 0. The van der Waals surface area contributed by atoms with Crippen molar-refractivity contribution in [2.75, 3.05) is 72.8 Å². The summed E-state index contributed by atoms with van der Waals surface area (Å²) >= 11 is 0. The molecular formula is C15H36N2O8S+2. The first-order chi connectivity index (χ1) is 11.7. The van der Waals surface area contributed by atoms with Crippen LogP contribution in [0.4, 0.5) is 0 Å². The SMILES string of the molecule is CC(O)C[N+](CCO)(CCO)CCCS(=O)(=O)O.C[N+](C)(C)CC(=O)O. The molecule has 0 aliphatic carbocycles. The van der Waals surface area contributed by atoms with Gasteiger partial charge < -0.3 is 29.4 Å². The van der Waals surface area contributed by atoms with Crippen molar-refractivity contribution >= 4 is 16.1 Å². The standard InChI is InChI=1S/C10H23NO6S.C5H11NO2/c1-10(14)9-11(4-6-12,5-7-13)3-2-8-18(15,16)17;1-6(2,3)4-5(7)8/h10,12-14H,2-9H2,1H3;4H2,1-3H3/p+2. The van der Waals surface area contributed by atoms with E-state index in [0.29, 0.717) is 30.7 Å². The van der Waals surface area contributed by atoms with Crippen LogP contribution in [0.1, 0.15) is 13.3 Å². The summed E-state index contributed by atoms with van der Waals surface area (Å²) in [7, 11) is 1.52. The normalized spacial score (nSPS) is 13.7. The molecule has 0 radical (unpaired) electrons. The van der Waals surface area contributed by atoms with E-state index in [-0.39, 0.29) is 36.4 Å². The van der Waals surface area contributed by atoms with Crippen molar-refractivity contribution in [1.29, 1.82) is 0 Å². The third-order valence-corrected chi connectivity index (χ3v) is 4.25. The highest BCUT2D eigenvalue weighted by Crippen LogP contribution is 2.10. The fourth-order valence-corrected chi connectivity index (χ4v) is 3.08. The highest BCUT2D eigenvalue weighted by Gasteiger charge is 2.28. The molecule has 11 heteroatoms. The number of hydrogen-bond donors (Lipinski definition) is 5. The molecule has 10 nitrogen and oxygen atoms in total. The molecule has 0 saturated heterocycles. The van der Waals surface area contributed by atoms with Gasteiger partial charge in [0.1, 0.15) is 25.7 Å². The molecule has 0 aliphatic heterocycles. The predicted molar refractivity (Wildman–Crippen MR) is 97.1 cm³/mol. The zero-order valence-corrected chi connectivity index (χ0v) is 17.0. The molecule has 0 saturated carbocycles. The third kappa shape index (κ3) is 18.0. The molecular weight excluding hydrogens is 368 g/mol. The minimum absolute atomic E-state index is 0.113. The Morgan fingerprint density at radius 3 is 1.73 bits per heavy atom. The maximum absolute atomic E-state index is 10.7. The topological polar surface area (TPSA) is 152 Å². The Morgan fingerprint density at radius 1 is 1.04 bits per heavy atom. The van der Waals surface area contributed by atoms with Gasteiger partial charge in [-0.15, -0.1) is 0 Å². The van der Waals surface area contributed by atoms with Gasteiger partial charge in [-0.1, -0.05) is 0 Å². The van der Waals surface area contributed by atoms with Gasteiger partial charge in [0.25, 0.3) is 10.1 Å². The lowest BCUT2D eigenvalue weighted by molar-refractivity contribution is -0.931. The highest BCUT2D eigenvalue weighted by molar-refractivity contribution is 7.85. The van der Waals surface area contributed by atoms with Gasteiger partial charge in [0.05, 0.1) is 46.7 Å². The molecule has 158 valence electrons. The molecule has 0 aromatic carbocycles. The second kappa shape index (κ2) is 12.5. The van der Waals surface area contributed by atoms with Crippen LogP contribution >= 0.6 is 0 Å². The van der Waals surface area contributed by atoms with Gasteiger partial charge in [0.15, 0.2) is 6.54 Å². The van der Waals surface area contributed by atoms with Crippen molar-refractivity contribution in [1.82, 2.24) is 0 Å². The van der Waals surface area contributed by atoms with E-state index in [1.807, 2.05) is 21.1 Å². The zero-order valence-electron chi connectivity index (χ0n) is 16.2. The maximum Gasteiger partial charge on any atom is 0.359 e. The summed E-state index contributed by atoms with van der Waals surface area (Å²) in [6.45, 7) is 2.91. The van der Waals surface area contributed by atoms with Crippen molar-refractivity contribution in [3.8, 4) is 0 Å². The molecule has 0 aromatic heterocycles. The van der Waals surface area contributed by atoms with Crippen LogP contribution in [0.5, 0.6) is 0 Å². The number of nitrogens with zero attached hydrogens (tertiary/aromatic N) is 2. The molecule has 0 aromatic rings. The minimum atomic E-state index is -4.00. The van der Waals surface area contributed by atoms with E-state index in [9.17, 15) is 18.3 Å². The van der Waals surface area contributed by atoms with Crippen molar-refractivity contribution in [2.24, 2.45) is 0 Å². The lowest BCUT2D eigenvalue weighted by atomic mass is 10.2. The van der Waals surface area contributed by atoms with Gasteiger partial charge in [0, 0.05) is 6.42 Å². The number of carbonyl (C=O) groups is 1. The Balaban J connectivity index is 0. The smallest absolute Gasteiger partial charge is 0.359 e. The van der Waals surface area contributed by atoms with Gasteiger partial charge in [-0.25, -0.2) is 4.79 Å². The van der Waals surface area contributed by atoms with Gasteiger partial charge >= 0.3 is 5.97 Å². The van der Waals surface area contributed by atoms with Crippen molar-refractivity contribution in [3.05, 3.63) is 0 Å². The van der Waals surface area contributed by atoms with E-state index >= 15 is 0 Å². The number of likely N-dealkylation sites (N-methyl/N-ethyl adjacent to an activating group) is 1. The Bertz CT molecular complexity index is 482. The molecule has 0 heterocycles.